The van der Waals surface area contributed by atoms with Crippen molar-refractivity contribution in [2.24, 2.45) is 5.92 Å². The molecule has 0 saturated carbocycles. The highest BCUT2D eigenvalue weighted by atomic mass is 31.2. The maximum atomic E-state index is 14.8. The van der Waals surface area contributed by atoms with Gasteiger partial charge in [-0.3, -0.25) is 4.57 Å². The normalized spacial score (nSPS) is 28.7. The zero-order valence-electron chi connectivity index (χ0n) is 15.7. The van der Waals surface area contributed by atoms with Crippen molar-refractivity contribution < 1.29 is 4.57 Å². The standard InChI is InChI=1S/C23H26NOP/c1-23(2,3)24-22(18-12-6-4-7-13-18)20-16-10-11-17-21(20)26(24,25)19-14-8-5-9-15-19/h4-10,12-17,20,22H,11H2,1-3H3/t20-,22+,26?/m1/s1. The van der Waals surface area contributed by atoms with E-state index in [1.165, 1.54) is 5.56 Å². The second-order valence-electron chi connectivity index (χ2n) is 8.10. The lowest BCUT2D eigenvalue weighted by Crippen LogP contribution is -2.41. The molecule has 3 heteroatoms. The van der Waals surface area contributed by atoms with Crippen molar-refractivity contribution in [3.05, 3.63) is 89.8 Å². The first-order valence-electron chi connectivity index (χ1n) is 9.32. The van der Waals surface area contributed by atoms with Gasteiger partial charge in [-0.05, 0) is 44.9 Å². The summed E-state index contributed by atoms with van der Waals surface area (Å²) in [5.41, 5.74) is 1.01. The van der Waals surface area contributed by atoms with Gasteiger partial charge in [-0.1, -0.05) is 66.8 Å². The van der Waals surface area contributed by atoms with Gasteiger partial charge in [-0.25, -0.2) is 4.67 Å². The van der Waals surface area contributed by atoms with Crippen molar-refractivity contribution in [2.75, 3.05) is 0 Å². The molecule has 1 saturated heterocycles. The van der Waals surface area contributed by atoms with E-state index >= 15 is 0 Å². The molecule has 134 valence electrons. The molecule has 0 amide bonds. The van der Waals surface area contributed by atoms with Crippen LogP contribution in [0.4, 0.5) is 0 Å². The van der Waals surface area contributed by atoms with E-state index in [0.29, 0.717) is 0 Å². The molecule has 0 aromatic heterocycles. The second kappa shape index (κ2) is 6.37. The number of hydrogen-bond donors (Lipinski definition) is 0. The third-order valence-corrected chi connectivity index (χ3v) is 8.97. The van der Waals surface area contributed by atoms with E-state index in [1.807, 2.05) is 36.4 Å². The highest BCUT2D eigenvalue weighted by Crippen LogP contribution is 2.73. The maximum Gasteiger partial charge on any atom is 0.204 e. The largest absolute Gasteiger partial charge is 0.297 e. The highest BCUT2D eigenvalue weighted by molar-refractivity contribution is 7.73. The highest BCUT2D eigenvalue weighted by Gasteiger charge is 2.56. The molecule has 2 aliphatic rings. The van der Waals surface area contributed by atoms with Gasteiger partial charge in [0.1, 0.15) is 0 Å². The minimum atomic E-state index is -2.86. The van der Waals surface area contributed by atoms with E-state index in [2.05, 4.69) is 67.9 Å². The molecule has 1 fully saturated rings. The Morgan fingerprint density at radius 2 is 1.58 bits per heavy atom. The Bertz CT molecular complexity index is 893. The third-order valence-electron chi connectivity index (χ3n) is 5.34. The van der Waals surface area contributed by atoms with Crippen LogP contribution < -0.4 is 5.30 Å². The molecule has 0 spiro atoms. The summed E-state index contributed by atoms with van der Waals surface area (Å²) in [7, 11) is -2.86. The van der Waals surface area contributed by atoms with Gasteiger partial charge in [0, 0.05) is 22.1 Å². The van der Waals surface area contributed by atoms with Gasteiger partial charge in [0.2, 0.25) is 7.29 Å². The van der Waals surface area contributed by atoms with Gasteiger partial charge in [-0.15, -0.1) is 0 Å². The Kier molecular flexibility index (Phi) is 4.29. The lowest BCUT2D eigenvalue weighted by molar-refractivity contribution is 0.189. The Hall–Kier alpha value is -1.89. The van der Waals surface area contributed by atoms with Crippen LogP contribution in [0.15, 0.2) is 84.2 Å². The lowest BCUT2D eigenvalue weighted by Gasteiger charge is -2.41. The number of rotatable bonds is 2. The van der Waals surface area contributed by atoms with E-state index in [1.54, 1.807) is 0 Å². The molecule has 1 unspecified atom stereocenters. The van der Waals surface area contributed by atoms with E-state index < -0.39 is 7.29 Å². The molecule has 3 atom stereocenters. The number of benzene rings is 2. The first-order valence-corrected chi connectivity index (χ1v) is 11.0. The van der Waals surface area contributed by atoms with Crippen LogP contribution >= 0.6 is 7.29 Å². The van der Waals surface area contributed by atoms with Gasteiger partial charge in [0.15, 0.2) is 0 Å². The van der Waals surface area contributed by atoms with Crippen molar-refractivity contribution in [1.82, 2.24) is 4.67 Å². The summed E-state index contributed by atoms with van der Waals surface area (Å²) in [5, 5.41) is 2.05. The number of hydrogen-bond acceptors (Lipinski definition) is 1. The maximum absolute atomic E-state index is 14.8. The van der Waals surface area contributed by atoms with Gasteiger partial charge in [0.05, 0.1) is 6.04 Å². The summed E-state index contributed by atoms with van der Waals surface area (Å²) in [6, 6.07) is 20.7. The van der Waals surface area contributed by atoms with Gasteiger partial charge in [-0.2, -0.15) is 0 Å². The zero-order chi connectivity index (χ0) is 18.4. The first kappa shape index (κ1) is 17.5. The first-order chi connectivity index (χ1) is 12.4. The lowest BCUT2D eigenvalue weighted by atomic mass is 9.88. The fraction of sp³-hybridized carbons (Fsp3) is 0.304. The Labute approximate surface area is 156 Å². The summed E-state index contributed by atoms with van der Waals surface area (Å²) in [6.45, 7) is 6.54. The molecule has 26 heavy (non-hydrogen) atoms. The minimum Gasteiger partial charge on any atom is -0.297 e. The predicted molar refractivity (Wildman–Crippen MR) is 110 cm³/mol. The van der Waals surface area contributed by atoms with Crippen LogP contribution in [0, 0.1) is 5.92 Å². The zero-order valence-corrected chi connectivity index (χ0v) is 16.6. The van der Waals surface area contributed by atoms with Crippen LogP contribution in [0.1, 0.15) is 38.8 Å². The third kappa shape index (κ3) is 2.64. The molecular formula is C23H26NOP. The van der Waals surface area contributed by atoms with Crippen molar-refractivity contribution in [3.8, 4) is 0 Å². The van der Waals surface area contributed by atoms with Crippen LogP contribution in [0.2, 0.25) is 0 Å². The summed E-state index contributed by atoms with van der Waals surface area (Å²) < 4.78 is 17.1. The summed E-state index contributed by atoms with van der Waals surface area (Å²) in [5.74, 6) is 0.163. The van der Waals surface area contributed by atoms with Gasteiger partial charge < -0.3 is 0 Å². The molecule has 1 aliphatic carbocycles. The second-order valence-corrected chi connectivity index (χ2v) is 10.7. The monoisotopic (exact) mass is 363 g/mol. The molecule has 1 aliphatic heterocycles. The molecule has 2 aromatic carbocycles. The Morgan fingerprint density at radius 1 is 0.962 bits per heavy atom. The number of allylic oxidation sites excluding steroid dienone is 2. The average Bonchev–Trinajstić information content (AvgIpc) is 2.94. The molecule has 1 heterocycles. The van der Waals surface area contributed by atoms with Gasteiger partial charge >= 0.3 is 0 Å². The van der Waals surface area contributed by atoms with Crippen LogP contribution in [0.25, 0.3) is 0 Å². The molecule has 2 aromatic rings. The predicted octanol–water partition coefficient (Wildman–Crippen LogP) is 5.91. The van der Waals surface area contributed by atoms with E-state index in [-0.39, 0.29) is 17.5 Å². The SMILES string of the molecule is CC(C)(C)N1[C@@H](c2ccccc2)[C@@H]2C=CCC=C2P1(=O)c1ccccc1. The van der Waals surface area contributed by atoms with Crippen molar-refractivity contribution in [3.63, 3.8) is 0 Å². The smallest absolute Gasteiger partial charge is 0.204 e. The van der Waals surface area contributed by atoms with Gasteiger partial charge in [0.25, 0.3) is 0 Å². The van der Waals surface area contributed by atoms with Crippen LogP contribution in [-0.4, -0.2) is 10.2 Å². The van der Waals surface area contributed by atoms with Crippen LogP contribution in [-0.2, 0) is 4.57 Å². The minimum absolute atomic E-state index is 0.0880. The molecule has 0 radical (unpaired) electrons. The summed E-state index contributed by atoms with van der Waals surface area (Å²) >= 11 is 0. The molecule has 0 bridgehead atoms. The topological polar surface area (TPSA) is 20.3 Å². The number of fused-ring (bicyclic) bond motifs is 1. The molecule has 2 nitrogen and oxygen atoms in total. The van der Waals surface area contributed by atoms with E-state index in [4.69, 9.17) is 0 Å². The van der Waals surface area contributed by atoms with Crippen molar-refractivity contribution >= 4 is 12.6 Å². The van der Waals surface area contributed by atoms with Crippen molar-refractivity contribution in [2.45, 2.75) is 38.8 Å². The molecular weight excluding hydrogens is 337 g/mol. The summed E-state index contributed by atoms with van der Waals surface area (Å²) in [6.07, 6.45) is 7.56. The van der Waals surface area contributed by atoms with E-state index in [0.717, 1.165) is 17.0 Å². The fourth-order valence-corrected chi connectivity index (χ4v) is 8.26. The fourth-order valence-electron chi connectivity index (χ4n) is 4.44. The van der Waals surface area contributed by atoms with Crippen LogP contribution in [0.3, 0.4) is 0 Å². The quantitative estimate of drug-likeness (QED) is 0.489. The summed E-state index contributed by atoms with van der Waals surface area (Å²) in [4.78, 5) is 0. The molecule has 0 N–H and O–H groups in total. The Morgan fingerprint density at radius 3 is 2.19 bits per heavy atom. The molecule has 4 rings (SSSR count). The number of nitrogens with zero attached hydrogens (tertiary/aromatic N) is 1. The van der Waals surface area contributed by atoms with E-state index in [9.17, 15) is 4.57 Å². The van der Waals surface area contributed by atoms with Crippen molar-refractivity contribution in [1.29, 1.82) is 0 Å². The Balaban J connectivity index is 1.99. The van der Waals surface area contributed by atoms with Crippen LogP contribution in [0.5, 0.6) is 0 Å². The average molecular weight is 363 g/mol.